The molecule has 1 aromatic carbocycles. The number of nitrogens with two attached hydrogens (primary N) is 1. The van der Waals surface area contributed by atoms with E-state index in [0.29, 0.717) is 23.7 Å². The van der Waals surface area contributed by atoms with Crippen LogP contribution in [-0.2, 0) is 9.53 Å². The highest BCUT2D eigenvalue weighted by Crippen LogP contribution is 2.28. The Labute approximate surface area is 134 Å². The number of rotatable bonds is 4. The lowest BCUT2D eigenvalue weighted by Crippen LogP contribution is -2.15. The SMILES string of the molecule is Cc1cc(Br)cc(NC(=O)CCC2CCOC2)c1N.Cl. The molecular formula is C14H20BrClN2O2. The second kappa shape index (κ2) is 7.86. The maximum atomic E-state index is 11.9. The molecule has 0 spiro atoms. The van der Waals surface area contributed by atoms with Gasteiger partial charge >= 0.3 is 0 Å². The van der Waals surface area contributed by atoms with Gasteiger partial charge in [-0.2, -0.15) is 0 Å². The van der Waals surface area contributed by atoms with E-state index in [2.05, 4.69) is 21.2 Å². The minimum Gasteiger partial charge on any atom is -0.397 e. The van der Waals surface area contributed by atoms with Gasteiger partial charge in [0.15, 0.2) is 0 Å². The first-order valence-corrected chi connectivity index (χ1v) is 7.29. The maximum Gasteiger partial charge on any atom is 0.224 e. The van der Waals surface area contributed by atoms with Crippen molar-refractivity contribution in [3.8, 4) is 0 Å². The van der Waals surface area contributed by atoms with Crippen molar-refractivity contribution in [1.29, 1.82) is 0 Å². The van der Waals surface area contributed by atoms with Gasteiger partial charge in [0.1, 0.15) is 0 Å². The first-order valence-electron chi connectivity index (χ1n) is 6.49. The number of nitrogen functional groups attached to an aromatic ring is 1. The first-order chi connectivity index (χ1) is 9.06. The predicted molar refractivity (Wildman–Crippen MR) is 87.3 cm³/mol. The fraction of sp³-hybridized carbons (Fsp3) is 0.500. The van der Waals surface area contributed by atoms with Crippen molar-refractivity contribution in [1.82, 2.24) is 0 Å². The standard InChI is InChI=1S/C14H19BrN2O2.ClH/c1-9-6-11(15)7-12(14(9)16)17-13(18)3-2-10-4-5-19-8-10;/h6-7,10H,2-5,8,16H2,1H3,(H,17,18);1H. The van der Waals surface area contributed by atoms with E-state index < -0.39 is 0 Å². The lowest BCUT2D eigenvalue weighted by molar-refractivity contribution is -0.116. The predicted octanol–water partition coefficient (Wildman–Crippen LogP) is 3.52. The van der Waals surface area contributed by atoms with Crippen molar-refractivity contribution >= 4 is 45.6 Å². The highest BCUT2D eigenvalue weighted by molar-refractivity contribution is 9.10. The van der Waals surface area contributed by atoms with Crippen molar-refractivity contribution in [2.24, 2.45) is 5.92 Å². The Balaban J connectivity index is 0.00000200. The molecule has 0 aliphatic carbocycles. The highest BCUT2D eigenvalue weighted by Gasteiger charge is 2.17. The summed E-state index contributed by atoms with van der Waals surface area (Å²) in [6.45, 7) is 3.53. The number of halogens is 2. The van der Waals surface area contributed by atoms with E-state index in [1.165, 1.54) is 0 Å². The van der Waals surface area contributed by atoms with Gasteiger partial charge in [-0.1, -0.05) is 15.9 Å². The van der Waals surface area contributed by atoms with Gasteiger partial charge < -0.3 is 15.8 Å². The normalized spacial score (nSPS) is 17.6. The molecule has 1 saturated heterocycles. The molecule has 4 nitrogen and oxygen atoms in total. The zero-order chi connectivity index (χ0) is 13.8. The Morgan fingerprint density at radius 2 is 2.30 bits per heavy atom. The Morgan fingerprint density at radius 3 is 2.95 bits per heavy atom. The van der Waals surface area contributed by atoms with Gasteiger partial charge in [0.2, 0.25) is 5.91 Å². The number of hydrogen-bond acceptors (Lipinski definition) is 3. The fourth-order valence-corrected chi connectivity index (χ4v) is 2.79. The second-order valence-corrected chi connectivity index (χ2v) is 5.92. The molecule has 6 heteroatoms. The zero-order valence-corrected chi connectivity index (χ0v) is 13.9. The molecule has 1 amide bonds. The number of benzene rings is 1. The average Bonchev–Trinajstić information content (AvgIpc) is 2.86. The molecule has 0 aromatic heterocycles. The number of hydrogen-bond donors (Lipinski definition) is 2. The monoisotopic (exact) mass is 362 g/mol. The van der Waals surface area contributed by atoms with E-state index in [9.17, 15) is 4.79 Å². The van der Waals surface area contributed by atoms with Gasteiger partial charge in [-0.25, -0.2) is 0 Å². The lowest BCUT2D eigenvalue weighted by atomic mass is 10.0. The molecular weight excluding hydrogens is 344 g/mol. The van der Waals surface area contributed by atoms with Crippen LogP contribution in [-0.4, -0.2) is 19.1 Å². The Kier molecular flexibility index (Phi) is 6.79. The molecule has 0 saturated carbocycles. The number of amides is 1. The van der Waals surface area contributed by atoms with Gasteiger partial charge in [0.25, 0.3) is 0 Å². The Hall–Kier alpha value is -0.780. The molecule has 0 bridgehead atoms. The van der Waals surface area contributed by atoms with Crippen molar-refractivity contribution < 1.29 is 9.53 Å². The van der Waals surface area contributed by atoms with Crippen LogP contribution < -0.4 is 11.1 Å². The van der Waals surface area contributed by atoms with Gasteiger partial charge in [-0.05, 0) is 43.4 Å². The van der Waals surface area contributed by atoms with Crippen LogP contribution in [0.15, 0.2) is 16.6 Å². The first kappa shape index (κ1) is 17.3. The van der Waals surface area contributed by atoms with Crippen LogP contribution in [0.2, 0.25) is 0 Å². The molecule has 20 heavy (non-hydrogen) atoms. The summed E-state index contributed by atoms with van der Waals surface area (Å²) in [4.78, 5) is 11.9. The van der Waals surface area contributed by atoms with Crippen LogP contribution in [0, 0.1) is 12.8 Å². The minimum atomic E-state index is 0. The number of anilines is 2. The minimum absolute atomic E-state index is 0. The molecule has 1 aromatic rings. The molecule has 1 aliphatic rings. The summed E-state index contributed by atoms with van der Waals surface area (Å²) in [6, 6.07) is 3.76. The molecule has 1 aliphatic heterocycles. The number of nitrogens with one attached hydrogen (secondary N) is 1. The number of ether oxygens (including phenoxy) is 1. The van der Waals surface area contributed by atoms with E-state index in [-0.39, 0.29) is 18.3 Å². The average molecular weight is 364 g/mol. The number of carbonyl (C=O) groups is 1. The van der Waals surface area contributed by atoms with Crippen molar-refractivity contribution in [2.75, 3.05) is 24.3 Å². The van der Waals surface area contributed by atoms with Crippen molar-refractivity contribution in [3.63, 3.8) is 0 Å². The topological polar surface area (TPSA) is 64.3 Å². The van der Waals surface area contributed by atoms with Crippen LogP contribution in [0.4, 0.5) is 11.4 Å². The number of aryl methyl sites for hydroxylation is 1. The van der Waals surface area contributed by atoms with Crippen LogP contribution >= 0.6 is 28.3 Å². The second-order valence-electron chi connectivity index (χ2n) is 5.00. The van der Waals surface area contributed by atoms with E-state index in [0.717, 1.165) is 36.1 Å². The Bertz CT molecular complexity index is 476. The van der Waals surface area contributed by atoms with Crippen LogP contribution in [0.1, 0.15) is 24.8 Å². The highest BCUT2D eigenvalue weighted by atomic mass is 79.9. The fourth-order valence-electron chi connectivity index (χ4n) is 2.22. The third kappa shape index (κ3) is 4.65. The van der Waals surface area contributed by atoms with Crippen molar-refractivity contribution in [2.45, 2.75) is 26.2 Å². The van der Waals surface area contributed by atoms with E-state index in [1.807, 2.05) is 19.1 Å². The zero-order valence-electron chi connectivity index (χ0n) is 11.4. The molecule has 1 heterocycles. The lowest BCUT2D eigenvalue weighted by Gasteiger charge is -2.12. The van der Waals surface area contributed by atoms with E-state index in [1.54, 1.807) is 0 Å². The molecule has 0 radical (unpaired) electrons. The van der Waals surface area contributed by atoms with Crippen molar-refractivity contribution in [3.05, 3.63) is 22.2 Å². The van der Waals surface area contributed by atoms with E-state index in [4.69, 9.17) is 10.5 Å². The summed E-state index contributed by atoms with van der Waals surface area (Å²) < 4.78 is 6.22. The Morgan fingerprint density at radius 1 is 1.55 bits per heavy atom. The third-order valence-electron chi connectivity index (χ3n) is 3.43. The maximum absolute atomic E-state index is 11.9. The molecule has 3 N–H and O–H groups in total. The number of carbonyl (C=O) groups excluding carboxylic acids is 1. The third-order valence-corrected chi connectivity index (χ3v) is 3.89. The molecule has 112 valence electrons. The molecule has 2 rings (SSSR count). The van der Waals surface area contributed by atoms with Crippen LogP contribution in [0.25, 0.3) is 0 Å². The smallest absolute Gasteiger partial charge is 0.224 e. The largest absolute Gasteiger partial charge is 0.397 e. The molecule has 1 fully saturated rings. The van der Waals surface area contributed by atoms with Crippen LogP contribution in [0.5, 0.6) is 0 Å². The van der Waals surface area contributed by atoms with Gasteiger partial charge in [0.05, 0.1) is 11.4 Å². The summed E-state index contributed by atoms with van der Waals surface area (Å²) >= 11 is 3.41. The summed E-state index contributed by atoms with van der Waals surface area (Å²) in [5.41, 5.74) is 8.22. The van der Waals surface area contributed by atoms with Gasteiger partial charge in [-0.15, -0.1) is 12.4 Å². The van der Waals surface area contributed by atoms with Gasteiger partial charge in [0, 0.05) is 24.1 Å². The summed E-state index contributed by atoms with van der Waals surface area (Å²) in [7, 11) is 0. The quantitative estimate of drug-likeness (QED) is 0.805. The van der Waals surface area contributed by atoms with Gasteiger partial charge in [-0.3, -0.25) is 4.79 Å². The summed E-state index contributed by atoms with van der Waals surface area (Å²) in [5, 5.41) is 2.88. The van der Waals surface area contributed by atoms with Crippen LogP contribution in [0.3, 0.4) is 0 Å². The van der Waals surface area contributed by atoms with E-state index >= 15 is 0 Å². The summed E-state index contributed by atoms with van der Waals surface area (Å²) in [6.07, 6.45) is 2.45. The summed E-state index contributed by atoms with van der Waals surface area (Å²) in [5.74, 6) is 0.531. The molecule has 1 unspecified atom stereocenters. The molecule has 1 atom stereocenters.